The first-order valence-corrected chi connectivity index (χ1v) is 6.51. The number of aromatic nitrogens is 3. The molecule has 3 aromatic rings. The van der Waals surface area contributed by atoms with Crippen molar-refractivity contribution >= 4 is 22.7 Å². The highest BCUT2D eigenvalue weighted by atomic mass is 15.2. The number of aromatic amines is 1. The number of imidazole rings is 1. The van der Waals surface area contributed by atoms with Crippen LogP contribution in [0.4, 0.5) is 11.6 Å². The van der Waals surface area contributed by atoms with Crippen molar-refractivity contribution in [3.8, 4) is 0 Å². The number of fused-ring (bicyclic) bond motifs is 1. The van der Waals surface area contributed by atoms with Gasteiger partial charge in [-0.15, -0.1) is 0 Å². The Hall–Kier alpha value is -2.56. The molecule has 20 heavy (non-hydrogen) atoms. The fourth-order valence-electron chi connectivity index (χ4n) is 2.20. The zero-order chi connectivity index (χ0) is 14.1. The van der Waals surface area contributed by atoms with Crippen molar-refractivity contribution in [2.75, 3.05) is 17.7 Å². The first-order chi connectivity index (χ1) is 9.61. The van der Waals surface area contributed by atoms with Crippen LogP contribution < -0.4 is 10.6 Å². The Balaban J connectivity index is 1.86. The van der Waals surface area contributed by atoms with E-state index >= 15 is 0 Å². The quantitative estimate of drug-likeness (QED) is 0.715. The predicted octanol–water partition coefficient (Wildman–Crippen LogP) is 2.48. The summed E-state index contributed by atoms with van der Waals surface area (Å²) >= 11 is 0. The Morgan fingerprint density at radius 1 is 1.20 bits per heavy atom. The van der Waals surface area contributed by atoms with Gasteiger partial charge in [-0.05, 0) is 37.3 Å². The van der Waals surface area contributed by atoms with Gasteiger partial charge in [-0.1, -0.05) is 6.07 Å². The molecule has 0 aliphatic heterocycles. The van der Waals surface area contributed by atoms with E-state index in [0.717, 1.165) is 34.1 Å². The highest BCUT2D eigenvalue weighted by Crippen LogP contribution is 2.19. The van der Waals surface area contributed by atoms with Gasteiger partial charge in [-0.3, -0.25) is 4.98 Å². The summed E-state index contributed by atoms with van der Waals surface area (Å²) in [5, 5.41) is 0. The molecule has 1 aromatic carbocycles. The summed E-state index contributed by atoms with van der Waals surface area (Å²) in [4.78, 5) is 14.4. The minimum atomic E-state index is 0.705. The molecular formula is C15H17N5. The van der Waals surface area contributed by atoms with Gasteiger partial charge in [0.1, 0.15) is 0 Å². The monoisotopic (exact) mass is 267 g/mol. The molecule has 0 bridgehead atoms. The van der Waals surface area contributed by atoms with Gasteiger partial charge >= 0.3 is 0 Å². The molecule has 0 radical (unpaired) electrons. The van der Waals surface area contributed by atoms with Crippen molar-refractivity contribution < 1.29 is 0 Å². The Morgan fingerprint density at radius 2 is 2.05 bits per heavy atom. The molecule has 0 aliphatic carbocycles. The van der Waals surface area contributed by atoms with E-state index in [1.807, 2.05) is 55.3 Å². The van der Waals surface area contributed by atoms with Crippen molar-refractivity contribution in [3.63, 3.8) is 0 Å². The molecule has 0 saturated carbocycles. The minimum Gasteiger partial charge on any atom is -0.399 e. The van der Waals surface area contributed by atoms with Crippen LogP contribution in [0.2, 0.25) is 0 Å². The predicted molar refractivity (Wildman–Crippen MR) is 81.6 cm³/mol. The van der Waals surface area contributed by atoms with Crippen LogP contribution in [0.3, 0.4) is 0 Å². The average Bonchev–Trinajstić information content (AvgIpc) is 2.81. The van der Waals surface area contributed by atoms with Crippen molar-refractivity contribution in [1.29, 1.82) is 0 Å². The van der Waals surface area contributed by atoms with Crippen LogP contribution in [0.25, 0.3) is 11.0 Å². The summed E-state index contributed by atoms with van der Waals surface area (Å²) in [5.41, 5.74) is 10.4. The number of nitrogen functional groups attached to an aromatic ring is 1. The Labute approximate surface area is 117 Å². The molecule has 0 fully saturated rings. The normalized spacial score (nSPS) is 10.9. The lowest BCUT2D eigenvalue weighted by Gasteiger charge is -2.15. The second-order valence-corrected chi connectivity index (χ2v) is 4.96. The van der Waals surface area contributed by atoms with Gasteiger partial charge in [0, 0.05) is 18.4 Å². The second kappa shape index (κ2) is 4.85. The Morgan fingerprint density at radius 3 is 2.85 bits per heavy atom. The van der Waals surface area contributed by atoms with Gasteiger partial charge in [0.25, 0.3) is 0 Å². The van der Waals surface area contributed by atoms with Crippen LogP contribution in [-0.2, 0) is 6.54 Å². The molecule has 102 valence electrons. The number of hydrogen-bond acceptors (Lipinski definition) is 4. The number of aryl methyl sites for hydroxylation is 1. The maximum Gasteiger partial charge on any atom is 0.203 e. The largest absolute Gasteiger partial charge is 0.399 e. The van der Waals surface area contributed by atoms with E-state index in [4.69, 9.17) is 5.73 Å². The zero-order valence-corrected chi connectivity index (χ0v) is 11.6. The van der Waals surface area contributed by atoms with Gasteiger partial charge in [-0.25, -0.2) is 4.98 Å². The molecule has 0 spiro atoms. The lowest BCUT2D eigenvalue weighted by atomic mass is 10.3. The molecule has 3 N–H and O–H groups in total. The minimum absolute atomic E-state index is 0.705. The summed E-state index contributed by atoms with van der Waals surface area (Å²) < 4.78 is 0. The number of pyridine rings is 1. The van der Waals surface area contributed by atoms with Crippen LogP contribution in [-0.4, -0.2) is 22.0 Å². The van der Waals surface area contributed by atoms with Crippen molar-refractivity contribution in [2.45, 2.75) is 13.5 Å². The summed E-state index contributed by atoms with van der Waals surface area (Å²) in [5.74, 6) is 0.814. The second-order valence-electron chi connectivity index (χ2n) is 4.96. The number of anilines is 2. The third-order valence-electron chi connectivity index (χ3n) is 3.20. The maximum absolute atomic E-state index is 5.78. The summed E-state index contributed by atoms with van der Waals surface area (Å²) in [6.07, 6.45) is 0. The van der Waals surface area contributed by atoms with Crippen molar-refractivity contribution in [3.05, 3.63) is 47.8 Å². The van der Waals surface area contributed by atoms with E-state index in [0.29, 0.717) is 6.54 Å². The molecule has 0 aliphatic rings. The van der Waals surface area contributed by atoms with Crippen molar-refractivity contribution in [1.82, 2.24) is 15.0 Å². The van der Waals surface area contributed by atoms with E-state index in [1.54, 1.807) is 0 Å². The lowest BCUT2D eigenvalue weighted by molar-refractivity contribution is 0.849. The molecular weight excluding hydrogens is 250 g/mol. The van der Waals surface area contributed by atoms with Crippen LogP contribution in [0.5, 0.6) is 0 Å². The molecule has 0 saturated heterocycles. The summed E-state index contributed by atoms with van der Waals surface area (Å²) in [6.45, 7) is 2.70. The molecule has 3 rings (SSSR count). The third kappa shape index (κ3) is 2.42. The number of H-pyrrole nitrogens is 1. The molecule has 0 unspecified atom stereocenters. The molecule has 0 amide bonds. The SMILES string of the molecule is Cc1cccc(CN(C)c2nc3ccc(N)cc3[nH]2)n1. The zero-order valence-electron chi connectivity index (χ0n) is 11.6. The van der Waals surface area contributed by atoms with Gasteiger partial charge in [0.2, 0.25) is 5.95 Å². The van der Waals surface area contributed by atoms with E-state index in [-0.39, 0.29) is 0 Å². The van der Waals surface area contributed by atoms with Crippen LogP contribution in [0, 0.1) is 6.92 Å². The van der Waals surface area contributed by atoms with Gasteiger partial charge < -0.3 is 15.6 Å². The number of nitrogens with zero attached hydrogens (tertiary/aromatic N) is 3. The first-order valence-electron chi connectivity index (χ1n) is 6.51. The van der Waals surface area contributed by atoms with E-state index in [2.05, 4.69) is 15.0 Å². The number of rotatable bonds is 3. The Bertz CT molecular complexity index is 747. The number of nitrogens with two attached hydrogens (primary N) is 1. The number of benzene rings is 1. The van der Waals surface area contributed by atoms with Gasteiger partial charge in [-0.2, -0.15) is 0 Å². The average molecular weight is 267 g/mol. The van der Waals surface area contributed by atoms with E-state index in [9.17, 15) is 0 Å². The molecule has 5 heteroatoms. The number of nitrogens with one attached hydrogen (secondary N) is 1. The molecule has 0 atom stereocenters. The highest BCUT2D eigenvalue weighted by molar-refractivity contribution is 5.80. The summed E-state index contributed by atoms with van der Waals surface area (Å²) in [6, 6.07) is 11.7. The maximum atomic E-state index is 5.78. The van der Waals surface area contributed by atoms with E-state index < -0.39 is 0 Å². The smallest absolute Gasteiger partial charge is 0.203 e. The first kappa shape index (κ1) is 12.5. The van der Waals surface area contributed by atoms with Gasteiger partial charge in [0.05, 0.1) is 23.3 Å². The third-order valence-corrected chi connectivity index (χ3v) is 3.20. The van der Waals surface area contributed by atoms with Crippen molar-refractivity contribution in [2.24, 2.45) is 0 Å². The van der Waals surface area contributed by atoms with Crippen LogP contribution in [0.15, 0.2) is 36.4 Å². The van der Waals surface area contributed by atoms with Crippen LogP contribution in [0.1, 0.15) is 11.4 Å². The standard InChI is InChI=1S/C15H17N5/c1-10-4-3-5-12(17-10)9-20(2)15-18-13-7-6-11(16)8-14(13)19-15/h3-8H,9,16H2,1-2H3,(H,18,19). The fraction of sp³-hybridized carbons (Fsp3) is 0.200. The molecule has 2 heterocycles. The summed E-state index contributed by atoms with van der Waals surface area (Å²) in [7, 11) is 1.99. The Kier molecular flexibility index (Phi) is 3.02. The van der Waals surface area contributed by atoms with E-state index in [1.165, 1.54) is 0 Å². The van der Waals surface area contributed by atoms with Gasteiger partial charge in [0.15, 0.2) is 0 Å². The molecule has 2 aromatic heterocycles. The fourth-order valence-corrected chi connectivity index (χ4v) is 2.20. The lowest BCUT2D eigenvalue weighted by Crippen LogP contribution is -2.18. The van der Waals surface area contributed by atoms with Crippen LogP contribution >= 0.6 is 0 Å². The molecule has 5 nitrogen and oxygen atoms in total. The highest BCUT2D eigenvalue weighted by Gasteiger charge is 2.09. The topological polar surface area (TPSA) is 70.8 Å². The number of hydrogen-bond donors (Lipinski definition) is 2.